The Morgan fingerprint density at radius 1 is 1.29 bits per heavy atom. The first kappa shape index (κ1) is 13.3. The molecule has 5 nitrogen and oxygen atoms in total. The monoisotopic (exact) mass is 299 g/mol. The lowest BCUT2D eigenvalue weighted by Gasteiger charge is -2.05. The minimum atomic E-state index is -0.476. The van der Waals surface area contributed by atoms with Crippen LogP contribution in [0.3, 0.4) is 0 Å². The maximum absolute atomic E-state index is 11.9. The molecule has 0 atom stereocenters. The van der Waals surface area contributed by atoms with Gasteiger partial charge in [-0.3, -0.25) is 4.57 Å². The molecule has 2 aromatic carbocycles. The quantitative estimate of drug-likeness (QED) is 0.737. The first-order valence-corrected chi connectivity index (χ1v) is 6.53. The molecule has 0 unspecified atom stereocenters. The lowest BCUT2D eigenvalue weighted by molar-refractivity contribution is 0.518. The second kappa shape index (κ2) is 5.00. The summed E-state index contributed by atoms with van der Waals surface area (Å²) >= 11 is 6.14. The minimum Gasteiger partial charge on any atom is -0.408 e. The largest absolute Gasteiger partial charge is 0.420 e. The van der Waals surface area contributed by atoms with Gasteiger partial charge in [-0.1, -0.05) is 17.7 Å². The van der Waals surface area contributed by atoms with Gasteiger partial charge < -0.3 is 10.2 Å². The molecule has 0 saturated heterocycles. The zero-order valence-electron chi connectivity index (χ0n) is 10.8. The topological polar surface area (TPSA) is 85.0 Å². The number of nitrogens with zero attached hydrogens (tertiary/aromatic N) is 2. The van der Waals surface area contributed by atoms with E-state index in [0.717, 1.165) is 5.56 Å². The molecule has 6 heteroatoms. The molecule has 0 bridgehead atoms. The molecule has 0 aliphatic carbocycles. The van der Waals surface area contributed by atoms with Gasteiger partial charge in [0.2, 0.25) is 0 Å². The van der Waals surface area contributed by atoms with Crippen LogP contribution in [-0.2, 0) is 6.54 Å². The van der Waals surface area contributed by atoms with Gasteiger partial charge in [0.05, 0.1) is 23.7 Å². The van der Waals surface area contributed by atoms with Crippen LogP contribution < -0.4 is 11.5 Å². The number of nitriles is 1. The third-order valence-corrected chi connectivity index (χ3v) is 3.55. The van der Waals surface area contributed by atoms with Crippen LogP contribution in [0.2, 0.25) is 5.02 Å². The molecule has 0 aliphatic rings. The second-order valence-corrected chi connectivity index (χ2v) is 5.01. The summed E-state index contributed by atoms with van der Waals surface area (Å²) < 4.78 is 6.64. The average molecular weight is 300 g/mol. The molecule has 21 heavy (non-hydrogen) atoms. The summed E-state index contributed by atoms with van der Waals surface area (Å²) in [5.74, 6) is -0.476. The second-order valence-electron chi connectivity index (χ2n) is 4.60. The Bertz CT molecular complexity index is 934. The highest BCUT2D eigenvalue weighted by molar-refractivity contribution is 6.31. The van der Waals surface area contributed by atoms with Gasteiger partial charge in [0.1, 0.15) is 0 Å². The summed E-state index contributed by atoms with van der Waals surface area (Å²) in [6, 6.07) is 12.0. The molecule has 0 spiro atoms. The number of aromatic nitrogens is 1. The van der Waals surface area contributed by atoms with Gasteiger partial charge in [0, 0.05) is 16.8 Å². The Morgan fingerprint density at radius 2 is 2.10 bits per heavy atom. The van der Waals surface area contributed by atoms with E-state index in [0.29, 0.717) is 27.4 Å². The van der Waals surface area contributed by atoms with Crippen molar-refractivity contribution in [2.75, 3.05) is 5.73 Å². The predicted molar refractivity (Wildman–Crippen MR) is 80.2 cm³/mol. The number of rotatable bonds is 2. The number of hydrogen-bond acceptors (Lipinski definition) is 4. The van der Waals surface area contributed by atoms with Gasteiger partial charge in [-0.15, -0.1) is 0 Å². The molecule has 3 aromatic rings. The molecule has 104 valence electrons. The maximum Gasteiger partial charge on any atom is 0.420 e. The van der Waals surface area contributed by atoms with Crippen LogP contribution in [0.5, 0.6) is 0 Å². The van der Waals surface area contributed by atoms with Crippen LogP contribution in [0, 0.1) is 11.3 Å². The fourth-order valence-electron chi connectivity index (χ4n) is 2.15. The Hall–Kier alpha value is -2.71. The van der Waals surface area contributed by atoms with Crippen LogP contribution in [0.25, 0.3) is 11.1 Å². The van der Waals surface area contributed by atoms with E-state index in [4.69, 9.17) is 27.0 Å². The highest BCUT2D eigenvalue weighted by Crippen LogP contribution is 2.21. The van der Waals surface area contributed by atoms with Gasteiger partial charge >= 0.3 is 5.76 Å². The molecule has 2 N–H and O–H groups in total. The van der Waals surface area contributed by atoms with Crippen molar-refractivity contribution in [2.24, 2.45) is 0 Å². The summed E-state index contributed by atoms with van der Waals surface area (Å²) in [6.45, 7) is 0.264. The van der Waals surface area contributed by atoms with E-state index in [1.54, 1.807) is 36.4 Å². The normalized spacial score (nSPS) is 10.7. The summed E-state index contributed by atoms with van der Waals surface area (Å²) in [4.78, 5) is 11.9. The van der Waals surface area contributed by atoms with E-state index >= 15 is 0 Å². The molecule has 1 aromatic heterocycles. The van der Waals surface area contributed by atoms with Crippen LogP contribution in [-0.4, -0.2) is 4.57 Å². The number of anilines is 1. The van der Waals surface area contributed by atoms with Crippen LogP contribution in [0.1, 0.15) is 11.1 Å². The number of nitrogens with two attached hydrogens (primary N) is 1. The number of oxazole rings is 1. The third-order valence-electron chi connectivity index (χ3n) is 3.20. The highest BCUT2D eigenvalue weighted by Gasteiger charge is 2.11. The Morgan fingerprint density at radius 3 is 2.81 bits per heavy atom. The number of hydrogen-bond donors (Lipinski definition) is 1. The van der Waals surface area contributed by atoms with Gasteiger partial charge in [0.15, 0.2) is 5.58 Å². The molecule has 1 heterocycles. The Labute approximate surface area is 124 Å². The first-order chi connectivity index (χ1) is 10.1. The molecule has 3 rings (SSSR count). The molecule has 0 fully saturated rings. The first-order valence-electron chi connectivity index (χ1n) is 6.16. The third kappa shape index (κ3) is 2.37. The fourth-order valence-corrected chi connectivity index (χ4v) is 2.39. The van der Waals surface area contributed by atoms with Crippen molar-refractivity contribution in [2.45, 2.75) is 6.54 Å². The van der Waals surface area contributed by atoms with Crippen LogP contribution in [0.4, 0.5) is 5.69 Å². The van der Waals surface area contributed by atoms with Crippen molar-refractivity contribution in [1.82, 2.24) is 4.57 Å². The summed E-state index contributed by atoms with van der Waals surface area (Å²) in [7, 11) is 0. The maximum atomic E-state index is 11.9. The number of nitrogen functional groups attached to an aromatic ring is 1. The predicted octanol–water partition coefficient (Wildman–Crippen LogP) is 2.75. The fraction of sp³-hybridized carbons (Fsp3) is 0.0667. The van der Waals surface area contributed by atoms with E-state index in [9.17, 15) is 4.79 Å². The van der Waals surface area contributed by atoms with E-state index in [-0.39, 0.29) is 6.54 Å². The summed E-state index contributed by atoms with van der Waals surface area (Å²) in [5, 5.41) is 9.27. The van der Waals surface area contributed by atoms with Crippen molar-refractivity contribution in [3.8, 4) is 6.07 Å². The van der Waals surface area contributed by atoms with E-state index in [1.807, 2.05) is 6.07 Å². The average Bonchev–Trinajstić information content (AvgIpc) is 2.76. The SMILES string of the molecule is N#Cc1ccc(Cn2c(=O)oc3cc(N)ccc32)c(Cl)c1. The highest BCUT2D eigenvalue weighted by atomic mass is 35.5. The van der Waals surface area contributed by atoms with Crippen molar-refractivity contribution < 1.29 is 4.42 Å². The van der Waals surface area contributed by atoms with Gasteiger partial charge in [-0.2, -0.15) is 5.26 Å². The standard InChI is InChI=1S/C15H10ClN3O2/c16-12-5-9(7-17)1-2-10(12)8-19-13-4-3-11(18)6-14(13)21-15(19)20/h1-6H,8,18H2. The molecule has 0 amide bonds. The smallest absolute Gasteiger partial charge is 0.408 e. The summed E-state index contributed by atoms with van der Waals surface area (Å²) in [6.07, 6.45) is 0. The van der Waals surface area contributed by atoms with Crippen molar-refractivity contribution in [3.05, 3.63) is 63.1 Å². The lowest BCUT2D eigenvalue weighted by Crippen LogP contribution is -2.15. The molecular formula is C15H10ClN3O2. The van der Waals surface area contributed by atoms with E-state index in [2.05, 4.69) is 0 Å². The Kier molecular flexibility index (Phi) is 3.16. The van der Waals surface area contributed by atoms with Gasteiger partial charge in [-0.25, -0.2) is 4.79 Å². The number of benzene rings is 2. The van der Waals surface area contributed by atoms with Gasteiger partial charge in [0.25, 0.3) is 0 Å². The zero-order valence-corrected chi connectivity index (χ0v) is 11.6. The molecule has 0 radical (unpaired) electrons. The minimum absolute atomic E-state index is 0.264. The molecular weight excluding hydrogens is 290 g/mol. The van der Waals surface area contributed by atoms with Crippen molar-refractivity contribution in [3.63, 3.8) is 0 Å². The zero-order chi connectivity index (χ0) is 15.0. The van der Waals surface area contributed by atoms with Crippen molar-refractivity contribution >= 4 is 28.4 Å². The lowest BCUT2D eigenvalue weighted by atomic mass is 10.1. The molecule has 0 aliphatic heterocycles. The van der Waals surface area contributed by atoms with Crippen LogP contribution in [0.15, 0.2) is 45.6 Å². The molecule has 0 saturated carbocycles. The number of fused-ring (bicyclic) bond motifs is 1. The van der Waals surface area contributed by atoms with Crippen LogP contribution >= 0.6 is 11.6 Å². The number of halogens is 1. The van der Waals surface area contributed by atoms with E-state index in [1.165, 1.54) is 4.57 Å². The summed E-state index contributed by atoms with van der Waals surface area (Å²) in [5.41, 5.74) is 8.49. The van der Waals surface area contributed by atoms with E-state index < -0.39 is 5.76 Å². The van der Waals surface area contributed by atoms with Crippen molar-refractivity contribution in [1.29, 1.82) is 5.26 Å². The van der Waals surface area contributed by atoms with Gasteiger partial charge in [-0.05, 0) is 29.8 Å². The Balaban J connectivity index is 2.08.